The minimum absolute atomic E-state index is 0.137. The quantitative estimate of drug-likeness (QED) is 0.322. The Bertz CT molecular complexity index is 1090. The van der Waals surface area contributed by atoms with Crippen LogP contribution in [0.5, 0.6) is 0 Å². The molecule has 0 aliphatic rings. The molecule has 0 saturated heterocycles. The minimum atomic E-state index is -0.934. The molecule has 2 aromatic carbocycles. The topological polar surface area (TPSA) is 119 Å². The van der Waals surface area contributed by atoms with Gasteiger partial charge in [0.25, 0.3) is 0 Å². The first-order valence-electron chi connectivity index (χ1n) is 10.5. The number of benzene rings is 2. The molecule has 2 N–H and O–H groups in total. The standard InChI is InChI=1S/C23H27N5O4S/c1-4-32-21(31)14-28-23(25-26-27-28)22(16-8-10-18(33-3)11-9-16)24-19(13-20(29)30)17-7-5-6-15(2)12-17/h5-12,19,22,24H,4,13-14H2,1-3H3,(H,29,30). The Morgan fingerprint density at radius 3 is 2.58 bits per heavy atom. The molecule has 0 spiro atoms. The van der Waals surface area contributed by atoms with Crippen molar-refractivity contribution >= 4 is 23.7 Å². The maximum absolute atomic E-state index is 12.1. The molecule has 0 amide bonds. The number of tetrazole rings is 1. The number of hydrogen-bond donors (Lipinski definition) is 2. The molecule has 3 rings (SSSR count). The summed E-state index contributed by atoms with van der Waals surface area (Å²) in [5.41, 5.74) is 2.71. The van der Waals surface area contributed by atoms with E-state index in [2.05, 4.69) is 20.8 Å². The number of esters is 1. The van der Waals surface area contributed by atoms with E-state index in [0.717, 1.165) is 21.6 Å². The van der Waals surface area contributed by atoms with Crippen LogP contribution in [-0.2, 0) is 20.9 Å². The van der Waals surface area contributed by atoms with Crippen LogP contribution < -0.4 is 5.32 Å². The van der Waals surface area contributed by atoms with Crippen LogP contribution >= 0.6 is 11.8 Å². The highest BCUT2D eigenvalue weighted by atomic mass is 32.2. The highest BCUT2D eigenvalue weighted by Gasteiger charge is 2.27. The molecule has 33 heavy (non-hydrogen) atoms. The number of carbonyl (C=O) groups is 2. The summed E-state index contributed by atoms with van der Waals surface area (Å²) in [5, 5.41) is 24.9. The maximum atomic E-state index is 12.1. The molecule has 1 aromatic heterocycles. The summed E-state index contributed by atoms with van der Waals surface area (Å²) in [6, 6.07) is 14.5. The Morgan fingerprint density at radius 1 is 1.18 bits per heavy atom. The first-order chi connectivity index (χ1) is 15.9. The summed E-state index contributed by atoms with van der Waals surface area (Å²) < 4.78 is 6.43. The zero-order valence-electron chi connectivity index (χ0n) is 18.8. The van der Waals surface area contributed by atoms with Gasteiger partial charge in [-0.3, -0.25) is 14.9 Å². The molecule has 0 radical (unpaired) electrons. The number of aryl methyl sites for hydroxylation is 1. The summed E-state index contributed by atoms with van der Waals surface area (Å²) >= 11 is 1.62. The van der Waals surface area contributed by atoms with Crippen molar-refractivity contribution in [2.45, 2.75) is 43.8 Å². The molecule has 2 atom stereocenters. The lowest BCUT2D eigenvalue weighted by Crippen LogP contribution is -2.32. The number of hydrogen-bond acceptors (Lipinski definition) is 8. The van der Waals surface area contributed by atoms with Crippen molar-refractivity contribution in [3.05, 3.63) is 71.0 Å². The number of ether oxygens (including phenoxy) is 1. The molecule has 1 heterocycles. The third kappa shape index (κ3) is 6.62. The largest absolute Gasteiger partial charge is 0.481 e. The second kappa shape index (κ2) is 11.6. The highest BCUT2D eigenvalue weighted by Crippen LogP contribution is 2.28. The van der Waals surface area contributed by atoms with E-state index in [4.69, 9.17) is 4.74 Å². The zero-order valence-corrected chi connectivity index (χ0v) is 19.6. The van der Waals surface area contributed by atoms with E-state index in [9.17, 15) is 14.7 Å². The predicted molar refractivity (Wildman–Crippen MR) is 124 cm³/mol. The van der Waals surface area contributed by atoms with E-state index in [1.165, 1.54) is 4.68 Å². The number of carboxylic acid groups (broad SMARTS) is 1. The average molecular weight is 470 g/mol. The van der Waals surface area contributed by atoms with Crippen molar-refractivity contribution in [2.75, 3.05) is 12.9 Å². The van der Waals surface area contributed by atoms with Crippen LogP contribution in [0, 0.1) is 6.92 Å². The van der Waals surface area contributed by atoms with E-state index in [1.807, 2.05) is 61.7 Å². The van der Waals surface area contributed by atoms with Gasteiger partial charge in [-0.1, -0.05) is 42.0 Å². The number of carboxylic acids is 1. The van der Waals surface area contributed by atoms with Gasteiger partial charge >= 0.3 is 11.9 Å². The Morgan fingerprint density at radius 2 is 1.94 bits per heavy atom. The third-order valence-corrected chi connectivity index (χ3v) is 5.79. The van der Waals surface area contributed by atoms with Gasteiger partial charge in [0.1, 0.15) is 6.54 Å². The lowest BCUT2D eigenvalue weighted by molar-refractivity contribution is -0.144. The van der Waals surface area contributed by atoms with Crippen LogP contribution in [-0.4, -0.2) is 50.1 Å². The molecule has 0 aliphatic carbocycles. The smallest absolute Gasteiger partial charge is 0.327 e. The zero-order chi connectivity index (χ0) is 23.8. The number of thioether (sulfide) groups is 1. The number of aliphatic carboxylic acids is 1. The Labute approximate surface area is 196 Å². The molecule has 2 unspecified atom stereocenters. The van der Waals surface area contributed by atoms with Gasteiger partial charge in [-0.15, -0.1) is 16.9 Å². The molecule has 0 aliphatic heterocycles. The summed E-state index contributed by atoms with van der Waals surface area (Å²) in [4.78, 5) is 24.9. The van der Waals surface area contributed by atoms with Crippen LogP contribution in [0.15, 0.2) is 53.4 Å². The van der Waals surface area contributed by atoms with Crippen LogP contribution in [0.1, 0.15) is 47.9 Å². The van der Waals surface area contributed by atoms with Gasteiger partial charge in [-0.2, -0.15) is 0 Å². The van der Waals surface area contributed by atoms with Crippen molar-refractivity contribution in [1.82, 2.24) is 25.5 Å². The van der Waals surface area contributed by atoms with Gasteiger partial charge in [0, 0.05) is 10.9 Å². The third-order valence-electron chi connectivity index (χ3n) is 5.04. The number of nitrogens with zero attached hydrogens (tertiary/aromatic N) is 4. The fourth-order valence-corrected chi connectivity index (χ4v) is 3.92. The van der Waals surface area contributed by atoms with Gasteiger partial charge in [-0.25, -0.2) is 4.68 Å². The van der Waals surface area contributed by atoms with Gasteiger partial charge in [0.05, 0.1) is 19.1 Å². The van der Waals surface area contributed by atoms with E-state index < -0.39 is 24.0 Å². The lowest BCUT2D eigenvalue weighted by atomic mass is 9.98. The molecule has 3 aromatic rings. The highest BCUT2D eigenvalue weighted by molar-refractivity contribution is 7.98. The second-order valence-electron chi connectivity index (χ2n) is 7.44. The minimum Gasteiger partial charge on any atom is -0.481 e. The Hall–Kier alpha value is -3.24. The van der Waals surface area contributed by atoms with E-state index in [1.54, 1.807) is 18.7 Å². The first kappa shape index (κ1) is 24.4. The van der Waals surface area contributed by atoms with E-state index >= 15 is 0 Å². The Balaban J connectivity index is 2.02. The average Bonchev–Trinajstić information content (AvgIpc) is 3.24. The van der Waals surface area contributed by atoms with E-state index in [-0.39, 0.29) is 19.6 Å². The molecule has 0 bridgehead atoms. The molecular formula is C23H27N5O4S. The van der Waals surface area contributed by atoms with Crippen molar-refractivity contribution in [2.24, 2.45) is 0 Å². The predicted octanol–water partition coefficient (Wildman–Crippen LogP) is 3.16. The molecular weight excluding hydrogens is 442 g/mol. The molecule has 174 valence electrons. The number of nitrogens with one attached hydrogen (secondary N) is 1. The van der Waals surface area contributed by atoms with Gasteiger partial charge in [0.15, 0.2) is 5.82 Å². The first-order valence-corrected chi connectivity index (χ1v) is 11.7. The fourth-order valence-electron chi connectivity index (χ4n) is 3.51. The summed E-state index contributed by atoms with van der Waals surface area (Å²) in [7, 11) is 0. The van der Waals surface area contributed by atoms with Gasteiger partial charge in [0.2, 0.25) is 0 Å². The van der Waals surface area contributed by atoms with Gasteiger partial charge < -0.3 is 9.84 Å². The number of rotatable bonds is 11. The molecule has 0 saturated carbocycles. The van der Waals surface area contributed by atoms with Crippen LogP contribution in [0.3, 0.4) is 0 Å². The van der Waals surface area contributed by atoms with Gasteiger partial charge in [-0.05, 0) is 53.8 Å². The summed E-state index contributed by atoms with van der Waals surface area (Å²) in [6.07, 6.45) is 1.85. The number of aromatic nitrogens is 4. The van der Waals surface area contributed by atoms with Crippen LogP contribution in [0.4, 0.5) is 0 Å². The summed E-state index contributed by atoms with van der Waals surface area (Å²) in [6.45, 7) is 3.79. The SMILES string of the molecule is CCOC(=O)Cn1nnnc1C(NC(CC(=O)O)c1cccc(C)c1)c1ccc(SC)cc1. The van der Waals surface area contributed by atoms with Crippen molar-refractivity contribution < 1.29 is 19.4 Å². The number of carbonyl (C=O) groups excluding carboxylic acids is 1. The fraction of sp³-hybridized carbons (Fsp3) is 0.348. The molecule has 9 nitrogen and oxygen atoms in total. The normalized spacial score (nSPS) is 12.8. The lowest BCUT2D eigenvalue weighted by Gasteiger charge is -2.25. The van der Waals surface area contributed by atoms with Crippen LogP contribution in [0.25, 0.3) is 0 Å². The van der Waals surface area contributed by atoms with Crippen molar-refractivity contribution in [3.8, 4) is 0 Å². The second-order valence-corrected chi connectivity index (χ2v) is 8.32. The monoisotopic (exact) mass is 469 g/mol. The van der Waals surface area contributed by atoms with Crippen molar-refractivity contribution in [1.29, 1.82) is 0 Å². The maximum Gasteiger partial charge on any atom is 0.327 e. The molecule has 0 fully saturated rings. The summed E-state index contributed by atoms with van der Waals surface area (Å²) in [5.74, 6) is -0.997. The van der Waals surface area contributed by atoms with Crippen molar-refractivity contribution in [3.63, 3.8) is 0 Å². The molecule has 10 heteroatoms. The van der Waals surface area contributed by atoms with Crippen LogP contribution in [0.2, 0.25) is 0 Å². The Kier molecular flexibility index (Phi) is 8.56. The van der Waals surface area contributed by atoms with E-state index in [0.29, 0.717) is 5.82 Å².